The second kappa shape index (κ2) is 13.5. The number of carbonyl (C=O) groups is 2. The third-order valence-electron chi connectivity index (χ3n) is 5.47. The van der Waals surface area contributed by atoms with Gasteiger partial charge < -0.3 is 25.6 Å². The third kappa shape index (κ3) is 8.54. The lowest BCUT2D eigenvalue weighted by Crippen LogP contribution is -2.44. The minimum Gasteiger partial charge on any atom is -0.387 e. The number of amides is 2. The lowest BCUT2D eigenvalue weighted by Gasteiger charge is -2.17. The normalized spacial score (nSPS) is 12.7. The fourth-order valence-corrected chi connectivity index (χ4v) is 3.70. The summed E-state index contributed by atoms with van der Waals surface area (Å²) in [6, 6.07) is 11.5. The van der Waals surface area contributed by atoms with Gasteiger partial charge in [0.05, 0.1) is 18.9 Å². The van der Waals surface area contributed by atoms with Crippen molar-refractivity contribution in [3.05, 3.63) is 83.8 Å². The molecule has 1 aromatic heterocycles. The quantitative estimate of drug-likeness (QED) is 0.271. The van der Waals surface area contributed by atoms with Gasteiger partial charge in [0, 0.05) is 31.9 Å². The number of rotatable bonds is 13. The highest BCUT2D eigenvalue weighted by atomic mass is 19.1. The summed E-state index contributed by atoms with van der Waals surface area (Å²) in [6.07, 6.45) is 3.44. The maximum absolute atomic E-state index is 13.4. The summed E-state index contributed by atoms with van der Waals surface area (Å²) in [7, 11) is 0. The predicted molar refractivity (Wildman–Crippen MR) is 132 cm³/mol. The molecule has 2 aromatic carbocycles. The molecule has 0 radical (unpaired) electrons. The minimum absolute atomic E-state index is 0.185. The number of hydrogen-bond donors (Lipinski definition) is 4. The van der Waals surface area contributed by atoms with E-state index in [2.05, 4.69) is 20.9 Å². The number of aliphatic hydroxyl groups excluding tert-OH is 1. The van der Waals surface area contributed by atoms with Crippen LogP contribution >= 0.6 is 0 Å². The molecule has 3 aromatic rings. The van der Waals surface area contributed by atoms with Crippen molar-refractivity contribution in [3.63, 3.8) is 0 Å². The Morgan fingerprint density at radius 1 is 1.11 bits per heavy atom. The molecule has 0 saturated carbocycles. The van der Waals surface area contributed by atoms with E-state index < -0.39 is 35.6 Å². The second-order valence-corrected chi connectivity index (χ2v) is 8.48. The molecule has 0 spiro atoms. The first kappa shape index (κ1) is 27.0. The molecule has 0 aliphatic heterocycles. The third-order valence-corrected chi connectivity index (χ3v) is 5.47. The van der Waals surface area contributed by atoms with Crippen LogP contribution in [0.4, 0.5) is 14.6 Å². The van der Waals surface area contributed by atoms with Crippen LogP contribution in [0.5, 0.6) is 0 Å². The van der Waals surface area contributed by atoms with Crippen LogP contribution in [0.1, 0.15) is 37.0 Å². The summed E-state index contributed by atoms with van der Waals surface area (Å²) in [5, 5.41) is 18.7. The summed E-state index contributed by atoms with van der Waals surface area (Å²) < 4.78 is 28.6. The molecule has 192 valence electrons. The van der Waals surface area contributed by atoms with E-state index in [9.17, 15) is 23.5 Å². The number of carbonyl (C=O) groups excluding carboxylic acids is 2. The Hall–Kier alpha value is -3.63. The molecular weight excluding hydrogens is 468 g/mol. The van der Waals surface area contributed by atoms with Crippen LogP contribution < -0.4 is 16.0 Å². The second-order valence-electron chi connectivity index (χ2n) is 8.48. The number of anilines is 1. The Morgan fingerprint density at radius 2 is 1.83 bits per heavy atom. The Labute approximate surface area is 208 Å². The molecule has 0 fully saturated rings. The van der Waals surface area contributed by atoms with Gasteiger partial charge in [-0.05, 0) is 29.7 Å². The smallest absolute Gasteiger partial charge is 0.248 e. The molecule has 8 nitrogen and oxygen atoms in total. The molecule has 36 heavy (non-hydrogen) atoms. The molecule has 2 amide bonds. The van der Waals surface area contributed by atoms with Gasteiger partial charge in [0.15, 0.2) is 5.82 Å². The van der Waals surface area contributed by atoms with Crippen LogP contribution in [-0.4, -0.2) is 45.6 Å². The van der Waals surface area contributed by atoms with Gasteiger partial charge in [-0.2, -0.15) is 0 Å². The lowest BCUT2D eigenvalue weighted by molar-refractivity contribution is -0.126. The number of nitrogens with one attached hydrogen (secondary N) is 3. The van der Waals surface area contributed by atoms with Crippen molar-refractivity contribution >= 4 is 17.6 Å². The van der Waals surface area contributed by atoms with E-state index in [1.807, 2.05) is 37.3 Å². The zero-order valence-corrected chi connectivity index (χ0v) is 20.1. The Morgan fingerprint density at radius 3 is 2.53 bits per heavy atom. The van der Waals surface area contributed by atoms with E-state index in [1.54, 1.807) is 17.1 Å². The largest absolute Gasteiger partial charge is 0.387 e. The molecule has 1 unspecified atom stereocenters. The molecule has 1 heterocycles. The summed E-state index contributed by atoms with van der Waals surface area (Å²) in [5.74, 6) is -2.13. The van der Waals surface area contributed by atoms with Crippen molar-refractivity contribution in [1.29, 1.82) is 0 Å². The van der Waals surface area contributed by atoms with Gasteiger partial charge in [-0.25, -0.2) is 13.8 Å². The molecule has 4 N–H and O–H groups in total. The summed E-state index contributed by atoms with van der Waals surface area (Å²) in [6.45, 7) is 3.44. The molecular formula is C26H31F2N5O3. The van der Waals surface area contributed by atoms with Gasteiger partial charge in [-0.1, -0.05) is 43.7 Å². The number of halogens is 2. The van der Waals surface area contributed by atoms with E-state index in [-0.39, 0.29) is 12.0 Å². The fraction of sp³-hybridized carbons (Fsp3) is 0.346. The number of imidazole rings is 1. The number of aromatic nitrogens is 2. The first-order valence-electron chi connectivity index (χ1n) is 11.8. The Bertz CT molecular complexity index is 1120. The van der Waals surface area contributed by atoms with E-state index >= 15 is 0 Å². The highest BCUT2D eigenvalue weighted by molar-refractivity contribution is 5.96. The average molecular weight is 500 g/mol. The Balaban J connectivity index is 1.46. The highest BCUT2D eigenvalue weighted by Gasteiger charge is 2.21. The zero-order chi connectivity index (χ0) is 25.9. The van der Waals surface area contributed by atoms with Crippen molar-refractivity contribution in [2.75, 3.05) is 18.4 Å². The SMILES string of the molecule is CCC[C@H](NC(=O)Cc1cc(F)cc(F)c1)C(=O)Nc1cn(CCNCC(O)c2ccccc2)cn1. The lowest BCUT2D eigenvalue weighted by atomic mass is 10.1. The standard InChI is InChI=1S/C26H31F2N5O3/c1-2-6-22(31-25(35)13-18-11-20(27)14-21(28)12-18)26(36)32-24-16-33(17-30-24)10-9-29-15-23(34)19-7-4-3-5-8-19/h3-5,7-8,11-12,14,16-17,22-23,29,34H,2,6,9-10,13,15H2,1H3,(H,31,35)(H,32,36)/t22-,23?/m0/s1. The van der Waals surface area contributed by atoms with Crippen molar-refractivity contribution in [3.8, 4) is 0 Å². The van der Waals surface area contributed by atoms with Crippen LogP contribution in [0.2, 0.25) is 0 Å². The maximum Gasteiger partial charge on any atom is 0.248 e. The minimum atomic E-state index is -0.813. The summed E-state index contributed by atoms with van der Waals surface area (Å²) in [5.41, 5.74) is 1.03. The van der Waals surface area contributed by atoms with E-state index in [1.165, 1.54) is 0 Å². The zero-order valence-electron chi connectivity index (χ0n) is 20.1. The molecule has 0 aliphatic rings. The molecule has 0 saturated heterocycles. The molecule has 3 rings (SSSR count). The van der Waals surface area contributed by atoms with Gasteiger partial charge in [-0.3, -0.25) is 9.59 Å². The van der Waals surface area contributed by atoms with Crippen molar-refractivity contribution in [1.82, 2.24) is 20.2 Å². The molecule has 0 bridgehead atoms. The monoisotopic (exact) mass is 499 g/mol. The number of benzene rings is 2. The van der Waals surface area contributed by atoms with Crippen molar-refractivity contribution in [2.45, 2.75) is 44.9 Å². The van der Waals surface area contributed by atoms with E-state index in [4.69, 9.17) is 0 Å². The highest BCUT2D eigenvalue weighted by Crippen LogP contribution is 2.11. The number of hydrogen-bond acceptors (Lipinski definition) is 5. The molecule has 10 heteroatoms. The van der Waals surface area contributed by atoms with Crippen LogP contribution in [0.15, 0.2) is 61.1 Å². The maximum atomic E-state index is 13.4. The summed E-state index contributed by atoms with van der Waals surface area (Å²) >= 11 is 0. The summed E-state index contributed by atoms with van der Waals surface area (Å²) in [4.78, 5) is 29.3. The van der Waals surface area contributed by atoms with Crippen LogP contribution in [-0.2, 0) is 22.6 Å². The number of nitrogens with zero attached hydrogens (tertiary/aromatic N) is 2. The van der Waals surface area contributed by atoms with Gasteiger partial charge >= 0.3 is 0 Å². The van der Waals surface area contributed by atoms with Crippen molar-refractivity contribution < 1.29 is 23.5 Å². The fourth-order valence-electron chi connectivity index (χ4n) is 3.70. The van der Waals surface area contributed by atoms with Gasteiger partial charge in [0.2, 0.25) is 11.8 Å². The Kier molecular flexibility index (Phi) is 10.1. The van der Waals surface area contributed by atoms with Gasteiger partial charge in [-0.15, -0.1) is 0 Å². The van der Waals surface area contributed by atoms with Crippen molar-refractivity contribution in [2.24, 2.45) is 0 Å². The average Bonchev–Trinajstić information content (AvgIpc) is 3.28. The first-order chi connectivity index (χ1) is 17.3. The number of aliphatic hydroxyl groups is 1. The van der Waals surface area contributed by atoms with E-state index in [0.29, 0.717) is 38.3 Å². The van der Waals surface area contributed by atoms with Crippen LogP contribution in [0.3, 0.4) is 0 Å². The first-order valence-corrected chi connectivity index (χ1v) is 11.8. The van der Waals surface area contributed by atoms with Crippen LogP contribution in [0.25, 0.3) is 0 Å². The van der Waals surface area contributed by atoms with E-state index in [0.717, 1.165) is 23.8 Å². The van der Waals surface area contributed by atoms with Crippen LogP contribution in [0, 0.1) is 11.6 Å². The molecule has 2 atom stereocenters. The van der Waals surface area contributed by atoms with Gasteiger partial charge in [0.25, 0.3) is 0 Å². The van der Waals surface area contributed by atoms with Gasteiger partial charge in [0.1, 0.15) is 17.7 Å². The predicted octanol–water partition coefficient (Wildman–Crippen LogP) is 2.95. The topological polar surface area (TPSA) is 108 Å². The molecule has 0 aliphatic carbocycles.